The standard InChI is InChI=1S/3ClH.Ti.Zn/h3*1H;;. The Hall–Kier alpha value is 2.21. The zero-order valence-electron chi connectivity index (χ0n) is 2.43. The number of hydrogen-bond donors (Lipinski definition) is 0. The summed E-state index contributed by atoms with van der Waals surface area (Å²) in [6.07, 6.45) is 0. The second-order valence-electron chi connectivity index (χ2n) is 0. The van der Waals surface area contributed by atoms with Crippen LogP contribution in [-0.2, 0) is 41.2 Å². The Labute approximate surface area is 77.7 Å². The van der Waals surface area contributed by atoms with Gasteiger partial charge in [-0.15, -0.1) is 37.2 Å². The molecule has 0 aliphatic heterocycles. The maximum absolute atomic E-state index is 0. The maximum atomic E-state index is 0. The molecule has 0 radical (unpaired) electrons. The van der Waals surface area contributed by atoms with Gasteiger partial charge in [-0.3, -0.25) is 0 Å². The molecule has 0 N–H and O–H groups in total. The van der Waals surface area contributed by atoms with Crippen molar-refractivity contribution >= 4 is 37.2 Å². The molecule has 0 unspecified atom stereocenters. The van der Waals surface area contributed by atoms with Crippen LogP contribution < -0.4 is 0 Å². The molecule has 0 rings (SSSR count). The summed E-state index contributed by atoms with van der Waals surface area (Å²) in [5.74, 6) is 0. The van der Waals surface area contributed by atoms with Crippen molar-refractivity contribution in [3.8, 4) is 0 Å². The van der Waals surface area contributed by atoms with E-state index in [1.165, 1.54) is 0 Å². The third kappa shape index (κ3) is 22.5. The van der Waals surface area contributed by atoms with E-state index < -0.39 is 0 Å². The predicted octanol–water partition coefficient (Wildman–Crippen LogP) is 1.26. The van der Waals surface area contributed by atoms with Gasteiger partial charge in [0.15, 0.2) is 0 Å². The molecule has 0 saturated heterocycles. The Balaban J connectivity index is 0. The van der Waals surface area contributed by atoms with Crippen LogP contribution in [0.4, 0.5) is 0 Å². The van der Waals surface area contributed by atoms with Gasteiger partial charge in [0.25, 0.3) is 0 Å². The van der Waals surface area contributed by atoms with E-state index in [0.717, 1.165) is 0 Å². The molecule has 0 aromatic heterocycles. The first-order valence-corrected chi connectivity index (χ1v) is 0. The van der Waals surface area contributed by atoms with E-state index in [9.17, 15) is 0 Å². The van der Waals surface area contributed by atoms with Crippen LogP contribution >= 0.6 is 37.2 Å². The zero-order chi connectivity index (χ0) is 0. The monoisotopic (exact) mass is 220 g/mol. The average molecular weight is 223 g/mol. The Kier molecular flexibility index (Phi) is 394. The molecule has 0 aliphatic carbocycles. The summed E-state index contributed by atoms with van der Waals surface area (Å²) in [5.41, 5.74) is 0. The van der Waals surface area contributed by atoms with E-state index in [4.69, 9.17) is 0 Å². The van der Waals surface area contributed by atoms with Crippen LogP contribution in [0.5, 0.6) is 0 Å². The smallest absolute Gasteiger partial charge is 0 e. The van der Waals surface area contributed by atoms with Crippen molar-refractivity contribution in [1.82, 2.24) is 0 Å². The van der Waals surface area contributed by atoms with Gasteiger partial charge in [-0.05, 0) is 0 Å². The Morgan fingerprint density at radius 2 is 0.600 bits per heavy atom. The molecule has 0 amide bonds. The van der Waals surface area contributed by atoms with E-state index >= 15 is 0 Å². The van der Waals surface area contributed by atoms with Crippen molar-refractivity contribution in [1.29, 1.82) is 0 Å². The molecular formula is H3Cl3TiZn. The van der Waals surface area contributed by atoms with Gasteiger partial charge in [0.1, 0.15) is 0 Å². The second kappa shape index (κ2) is 34.5. The van der Waals surface area contributed by atoms with Gasteiger partial charge in [0.05, 0.1) is 0 Å². The van der Waals surface area contributed by atoms with E-state index in [0.29, 0.717) is 0 Å². The van der Waals surface area contributed by atoms with E-state index in [2.05, 4.69) is 0 Å². The molecule has 0 saturated carbocycles. The van der Waals surface area contributed by atoms with E-state index in [-0.39, 0.29) is 78.4 Å². The fraction of sp³-hybridized carbons (Fsp3) is 0. The predicted molar refractivity (Wildman–Crippen MR) is 21.7 cm³/mol. The minimum absolute atomic E-state index is 0. The van der Waals surface area contributed by atoms with Crippen molar-refractivity contribution in [2.24, 2.45) is 0 Å². The summed E-state index contributed by atoms with van der Waals surface area (Å²) < 4.78 is 0. The summed E-state index contributed by atoms with van der Waals surface area (Å²) in [4.78, 5) is 0. The third-order valence-corrected chi connectivity index (χ3v) is 0. The molecule has 5 heavy (non-hydrogen) atoms. The van der Waals surface area contributed by atoms with Gasteiger partial charge in [-0.25, -0.2) is 0 Å². The van der Waals surface area contributed by atoms with Crippen molar-refractivity contribution in [2.45, 2.75) is 0 Å². The normalized spacial score (nSPS) is 0. The van der Waals surface area contributed by atoms with Crippen LogP contribution in [0.15, 0.2) is 0 Å². The van der Waals surface area contributed by atoms with Crippen molar-refractivity contribution in [2.75, 3.05) is 0 Å². The third-order valence-electron chi connectivity index (χ3n) is 0. The van der Waals surface area contributed by atoms with Crippen molar-refractivity contribution in [3.05, 3.63) is 0 Å². The molecule has 0 aliphatic rings. The van der Waals surface area contributed by atoms with Gasteiger partial charge in [0.2, 0.25) is 0 Å². The van der Waals surface area contributed by atoms with Crippen LogP contribution in [0.1, 0.15) is 0 Å². The van der Waals surface area contributed by atoms with Gasteiger partial charge >= 0.3 is 0 Å². The van der Waals surface area contributed by atoms with Crippen LogP contribution in [-0.4, -0.2) is 0 Å². The largest absolute Gasteiger partial charge is 0.147 e. The van der Waals surface area contributed by atoms with Crippen molar-refractivity contribution < 1.29 is 41.2 Å². The minimum atomic E-state index is 0. The van der Waals surface area contributed by atoms with Gasteiger partial charge in [0, 0.05) is 41.2 Å². The summed E-state index contributed by atoms with van der Waals surface area (Å²) in [5, 5.41) is 0. The first-order valence-electron chi connectivity index (χ1n) is 0. The molecule has 0 fully saturated rings. The Bertz CT molecular complexity index is 6.85. The van der Waals surface area contributed by atoms with E-state index in [1.807, 2.05) is 0 Å². The van der Waals surface area contributed by atoms with Crippen LogP contribution in [0.2, 0.25) is 0 Å². The molecule has 0 heterocycles. The maximum Gasteiger partial charge on any atom is 0 e. The number of halogens is 3. The van der Waals surface area contributed by atoms with Gasteiger partial charge in [-0.2, -0.15) is 0 Å². The summed E-state index contributed by atoms with van der Waals surface area (Å²) in [7, 11) is 0. The Morgan fingerprint density at radius 3 is 0.600 bits per heavy atom. The molecular weight excluding hydrogens is 220 g/mol. The molecule has 30 valence electrons. The number of rotatable bonds is 0. The Morgan fingerprint density at radius 1 is 0.600 bits per heavy atom. The van der Waals surface area contributed by atoms with Gasteiger partial charge in [-0.1, -0.05) is 0 Å². The molecule has 0 nitrogen and oxygen atoms in total. The minimum Gasteiger partial charge on any atom is -0.147 e. The molecule has 0 spiro atoms. The zero-order valence-corrected chi connectivity index (χ0v) is 9.41. The fourth-order valence-corrected chi connectivity index (χ4v) is 0. The van der Waals surface area contributed by atoms with Crippen LogP contribution in [0.3, 0.4) is 0 Å². The topological polar surface area (TPSA) is 0 Å². The SMILES string of the molecule is Cl.Cl.Cl.[Ti].[Zn]. The summed E-state index contributed by atoms with van der Waals surface area (Å²) >= 11 is 0. The molecule has 0 bridgehead atoms. The second-order valence-corrected chi connectivity index (χ2v) is 0. The average Bonchev–Trinajstić information content (AvgIpc) is 0. The summed E-state index contributed by atoms with van der Waals surface area (Å²) in [6, 6.07) is 0. The van der Waals surface area contributed by atoms with Crippen LogP contribution in [0, 0.1) is 0 Å². The number of hydrogen-bond acceptors (Lipinski definition) is 0. The molecule has 0 aromatic rings. The summed E-state index contributed by atoms with van der Waals surface area (Å²) in [6.45, 7) is 0. The fourth-order valence-electron chi connectivity index (χ4n) is 0. The van der Waals surface area contributed by atoms with Crippen molar-refractivity contribution in [3.63, 3.8) is 0 Å². The van der Waals surface area contributed by atoms with E-state index in [1.54, 1.807) is 0 Å². The molecule has 5 heteroatoms. The molecule has 0 aromatic carbocycles. The van der Waals surface area contributed by atoms with Crippen LogP contribution in [0.25, 0.3) is 0 Å². The molecule has 0 atom stereocenters. The van der Waals surface area contributed by atoms with Gasteiger partial charge < -0.3 is 0 Å². The first-order chi connectivity index (χ1) is 0. The quantitative estimate of drug-likeness (QED) is 0.542. The first kappa shape index (κ1) is 57.0.